The molecular formula is C10H22N2O3S. The number of hydrogen-bond acceptors (Lipinski definition) is 3. The van der Waals surface area contributed by atoms with E-state index >= 15 is 0 Å². The van der Waals surface area contributed by atoms with Crippen LogP contribution in [0.4, 0.5) is 0 Å². The normalized spacial score (nSPS) is 21.2. The van der Waals surface area contributed by atoms with Crippen molar-refractivity contribution in [2.75, 3.05) is 6.54 Å². The van der Waals surface area contributed by atoms with Crippen molar-refractivity contribution < 1.29 is 13.5 Å². The summed E-state index contributed by atoms with van der Waals surface area (Å²) in [5, 5.41) is 10.1. The van der Waals surface area contributed by atoms with Gasteiger partial charge >= 0.3 is 0 Å². The minimum absolute atomic E-state index is 0.106. The summed E-state index contributed by atoms with van der Waals surface area (Å²) in [6.45, 7) is 3.62. The molecule has 0 saturated heterocycles. The van der Waals surface area contributed by atoms with Crippen LogP contribution in [-0.2, 0) is 10.2 Å². The molecule has 6 heteroatoms. The van der Waals surface area contributed by atoms with Crippen molar-refractivity contribution in [1.82, 2.24) is 9.44 Å². The van der Waals surface area contributed by atoms with E-state index < -0.39 is 15.8 Å². The molecule has 0 unspecified atom stereocenters. The first kappa shape index (κ1) is 13.9. The van der Waals surface area contributed by atoms with Crippen LogP contribution in [0.3, 0.4) is 0 Å². The van der Waals surface area contributed by atoms with E-state index in [-0.39, 0.29) is 12.6 Å². The molecule has 1 rings (SSSR count). The molecule has 1 aliphatic rings. The van der Waals surface area contributed by atoms with Crippen LogP contribution in [0.25, 0.3) is 0 Å². The molecule has 0 amide bonds. The maximum absolute atomic E-state index is 11.5. The van der Waals surface area contributed by atoms with E-state index in [1.165, 1.54) is 0 Å². The maximum atomic E-state index is 11.5. The van der Waals surface area contributed by atoms with Gasteiger partial charge < -0.3 is 5.11 Å². The quantitative estimate of drug-likeness (QED) is 0.665. The summed E-state index contributed by atoms with van der Waals surface area (Å²) in [7, 11) is -3.48. The first-order valence-corrected chi connectivity index (χ1v) is 7.31. The van der Waals surface area contributed by atoms with Gasteiger partial charge in [0.05, 0.1) is 5.60 Å². The Morgan fingerprint density at radius 1 is 1.25 bits per heavy atom. The first-order chi connectivity index (χ1) is 7.33. The zero-order chi connectivity index (χ0) is 12.2. The molecular weight excluding hydrogens is 228 g/mol. The Bertz CT molecular complexity index is 308. The minimum Gasteiger partial charge on any atom is -0.389 e. The topological polar surface area (TPSA) is 78.4 Å². The number of nitrogens with one attached hydrogen (secondary N) is 2. The van der Waals surface area contributed by atoms with Gasteiger partial charge in [0.25, 0.3) is 10.2 Å². The van der Waals surface area contributed by atoms with Crippen molar-refractivity contribution in [3.63, 3.8) is 0 Å². The third-order valence-corrected chi connectivity index (χ3v) is 4.07. The predicted octanol–water partition coefficient (Wildman–Crippen LogP) is 0.514. The molecule has 16 heavy (non-hydrogen) atoms. The van der Waals surface area contributed by atoms with Crippen LogP contribution in [0, 0.1) is 0 Å². The van der Waals surface area contributed by atoms with Crippen molar-refractivity contribution in [3.05, 3.63) is 0 Å². The molecule has 0 aromatic carbocycles. The van der Waals surface area contributed by atoms with Gasteiger partial charge in [-0.15, -0.1) is 0 Å². The minimum atomic E-state index is -3.48. The molecule has 1 saturated carbocycles. The van der Waals surface area contributed by atoms with E-state index in [4.69, 9.17) is 0 Å². The van der Waals surface area contributed by atoms with E-state index in [0.29, 0.717) is 12.8 Å². The second-order valence-electron chi connectivity index (χ2n) is 4.88. The molecule has 0 aromatic heterocycles. The summed E-state index contributed by atoms with van der Waals surface area (Å²) in [6, 6.07) is -0.140. The Morgan fingerprint density at radius 3 is 2.31 bits per heavy atom. The van der Waals surface area contributed by atoms with Gasteiger partial charge in [0.15, 0.2) is 0 Å². The molecule has 0 atom stereocenters. The molecule has 1 aliphatic carbocycles. The Morgan fingerprint density at radius 2 is 1.81 bits per heavy atom. The van der Waals surface area contributed by atoms with Gasteiger partial charge in [-0.25, -0.2) is 0 Å². The zero-order valence-electron chi connectivity index (χ0n) is 9.99. The predicted molar refractivity (Wildman–Crippen MR) is 63.2 cm³/mol. The fourth-order valence-electron chi connectivity index (χ4n) is 1.97. The first-order valence-electron chi connectivity index (χ1n) is 5.82. The van der Waals surface area contributed by atoms with Crippen LogP contribution in [0.1, 0.15) is 46.0 Å². The fraction of sp³-hybridized carbons (Fsp3) is 1.00. The second kappa shape index (κ2) is 5.44. The summed E-state index contributed by atoms with van der Waals surface area (Å²) in [6.07, 6.45) is 4.42. The summed E-state index contributed by atoms with van der Waals surface area (Å²) in [5.74, 6) is 0. The zero-order valence-corrected chi connectivity index (χ0v) is 10.8. The van der Waals surface area contributed by atoms with Crippen LogP contribution >= 0.6 is 0 Å². The van der Waals surface area contributed by atoms with E-state index in [1.807, 2.05) is 0 Å². The van der Waals surface area contributed by atoms with Gasteiger partial charge in [-0.3, -0.25) is 0 Å². The van der Waals surface area contributed by atoms with Gasteiger partial charge in [-0.2, -0.15) is 17.9 Å². The van der Waals surface area contributed by atoms with Crippen molar-refractivity contribution in [2.24, 2.45) is 0 Å². The van der Waals surface area contributed by atoms with Gasteiger partial charge in [-0.1, -0.05) is 19.3 Å². The molecule has 3 N–H and O–H groups in total. The van der Waals surface area contributed by atoms with Crippen molar-refractivity contribution >= 4 is 10.2 Å². The Kier molecular flexibility index (Phi) is 4.73. The van der Waals surface area contributed by atoms with Crippen LogP contribution in [0.5, 0.6) is 0 Å². The second-order valence-corrected chi connectivity index (χ2v) is 6.41. The Hall–Kier alpha value is -0.170. The van der Waals surface area contributed by atoms with Crippen LogP contribution in [0.15, 0.2) is 0 Å². The fourth-order valence-corrected chi connectivity index (χ4v) is 3.13. The molecule has 0 spiro atoms. The highest BCUT2D eigenvalue weighted by Crippen LogP contribution is 2.27. The summed E-state index contributed by atoms with van der Waals surface area (Å²) < 4.78 is 27.8. The average Bonchev–Trinajstić information content (AvgIpc) is 2.15. The van der Waals surface area contributed by atoms with E-state index in [2.05, 4.69) is 9.44 Å². The Balaban J connectivity index is 2.43. The molecule has 0 heterocycles. The SMILES string of the molecule is CC(C)NS(=O)(=O)NCC1(O)CCCCC1. The van der Waals surface area contributed by atoms with Crippen molar-refractivity contribution in [3.8, 4) is 0 Å². The smallest absolute Gasteiger partial charge is 0.277 e. The van der Waals surface area contributed by atoms with Crippen LogP contribution in [0.2, 0.25) is 0 Å². The molecule has 0 aliphatic heterocycles. The van der Waals surface area contributed by atoms with Gasteiger partial charge in [-0.05, 0) is 26.7 Å². The molecule has 0 radical (unpaired) electrons. The summed E-state index contributed by atoms with van der Waals surface area (Å²) >= 11 is 0. The third kappa shape index (κ3) is 4.78. The molecule has 1 fully saturated rings. The highest BCUT2D eigenvalue weighted by molar-refractivity contribution is 7.87. The van der Waals surface area contributed by atoms with Gasteiger partial charge in [0.2, 0.25) is 0 Å². The summed E-state index contributed by atoms with van der Waals surface area (Å²) in [4.78, 5) is 0. The lowest BCUT2D eigenvalue weighted by molar-refractivity contribution is 0.00937. The monoisotopic (exact) mass is 250 g/mol. The number of rotatable bonds is 5. The number of hydrogen-bond donors (Lipinski definition) is 3. The highest BCUT2D eigenvalue weighted by atomic mass is 32.2. The Labute approximate surface area is 97.8 Å². The molecule has 96 valence electrons. The third-order valence-electron chi connectivity index (χ3n) is 2.77. The van der Waals surface area contributed by atoms with Gasteiger partial charge in [0, 0.05) is 12.6 Å². The van der Waals surface area contributed by atoms with E-state index in [9.17, 15) is 13.5 Å². The molecule has 5 nitrogen and oxygen atoms in total. The van der Waals surface area contributed by atoms with E-state index in [0.717, 1.165) is 19.3 Å². The van der Waals surface area contributed by atoms with Crippen molar-refractivity contribution in [2.45, 2.75) is 57.6 Å². The summed E-state index contributed by atoms with van der Waals surface area (Å²) in [5.41, 5.74) is -0.857. The lowest BCUT2D eigenvalue weighted by Crippen LogP contribution is -2.48. The van der Waals surface area contributed by atoms with Crippen LogP contribution < -0.4 is 9.44 Å². The van der Waals surface area contributed by atoms with Crippen molar-refractivity contribution in [1.29, 1.82) is 0 Å². The largest absolute Gasteiger partial charge is 0.389 e. The van der Waals surface area contributed by atoms with Gasteiger partial charge in [0.1, 0.15) is 0 Å². The molecule has 0 aromatic rings. The standard InChI is InChI=1S/C10H22N2O3S/c1-9(2)12-16(14,15)11-8-10(13)6-4-3-5-7-10/h9,11-13H,3-8H2,1-2H3. The molecule has 0 bridgehead atoms. The number of aliphatic hydroxyl groups is 1. The van der Waals surface area contributed by atoms with E-state index in [1.54, 1.807) is 13.8 Å². The maximum Gasteiger partial charge on any atom is 0.277 e. The van der Waals surface area contributed by atoms with Crippen LogP contribution in [-0.4, -0.2) is 31.7 Å². The lowest BCUT2D eigenvalue weighted by Gasteiger charge is -2.32. The highest BCUT2D eigenvalue weighted by Gasteiger charge is 2.30. The lowest BCUT2D eigenvalue weighted by atomic mass is 9.85. The average molecular weight is 250 g/mol.